The summed E-state index contributed by atoms with van der Waals surface area (Å²) < 4.78 is 27.4. The summed E-state index contributed by atoms with van der Waals surface area (Å²) in [5.41, 5.74) is 1.88. The molecule has 0 aliphatic rings. The summed E-state index contributed by atoms with van der Waals surface area (Å²) in [5, 5.41) is 2.15. The van der Waals surface area contributed by atoms with Crippen LogP contribution in [0.3, 0.4) is 0 Å². The Morgan fingerprint density at radius 2 is 1.13 bits per heavy atom. The lowest BCUT2D eigenvalue weighted by atomic mass is 10.2. The van der Waals surface area contributed by atoms with Crippen molar-refractivity contribution in [3.8, 4) is 0 Å². The molecule has 4 aromatic rings. The van der Waals surface area contributed by atoms with E-state index in [1.807, 2.05) is 59.2 Å². The Labute approximate surface area is 134 Å². The van der Waals surface area contributed by atoms with Crippen molar-refractivity contribution in [2.75, 3.05) is 0 Å². The minimum Gasteiger partial charge on any atom is -0.325 e. The normalized spacial score (nSPS) is 12.0. The molecule has 0 atom stereocenters. The Balaban J connectivity index is 1.95. The first kappa shape index (κ1) is 14.0. The van der Waals surface area contributed by atoms with Crippen LogP contribution in [-0.4, -0.2) is 13.0 Å². The van der Waals surface area contributed by atoms with Gasteiger partial charge in [0.25, 0.3) is 0 Å². The highest BCUT2D eigenvalue weighted by molar-refractivity contribution is 7.90. The minimum atomic E-state index is -3.40. The molecule has 0 unspecified atom stereocenters. The molecule has 0 saturated carbocycles. The lowest BCUT2D eigenvalue weighted by Crippen LogP contribution is -2.11. The van der Waals surface area contributed by atoms with Crippen LogP contribution in [0.25, 0.3) is 21.8 Å². The molecular weight excluding hydrogens is 306 g/mol. The molecule has 0 radical (unpaired) electrons. The SMILES string of the molecule is O=S(=O)(Cn1c2ccccc2c2ccccc21)c1ccccc1. The second-order valence-corrected chi connectivity index (χ2v) is 7.48. The largest absolute Gasteiger partial charge is 0.325 e. The molecule has 23 heavy (non-hydrogen) atoms. The van der Waals surface area contributed by atoms with Crippen molar-refractivity contribution in [3.05, 3.63) is 78.9 Å². The van der Waals surface area contributed by atoms with E-state index in [-0.39, 0.29) is 5.88 Å². The van der Waals surface area contributed by atoms with Gasteiger partial charge in [-0.15, -0.1) is 0 Å². The Bertz CT molecular complexity index is 1040. The van der Waals surface area contributed by atoms with Gasteiger partial charge in [-0.2, -0.15) is 0 Å². The van der Waals surface area contributed by atoms with Crippen LogP contribution in [0.2, 0.25) is 0 Å². The van der Waals surface area contributed by atoms with Crippen LogP contribution in [0.1, 0.15) is 0 Å². The second kappa shape index (κ2) is 5.25. The molecule has 114 valence electrons. The van der Waals surface area contributed by atoms with Gasteiger partial charge in [0.15, 0.2) is 9.84 Å². The molecular formula is C19H15NO2S. The van der Waals surface area contributed by atoms with Crippen molar-refractivity contribution in [1.82, 2.24) is 4.57 Å². The average Bonchev–Trinajstić information content (AvgIpc) is 2.90. The number of fused-ring (bicyclic) bond motifs is 3. The van der Waals surface area contributed by atoms with E-state index in [0.29, 0.717) is 4.90 Å². The number of aromatic nitrogens is 1. The number of nitrogens with zero attached hydrogens (tertiary/aromatic N) is 1. The first-order valence-electron chi connectivity index (χ1n) is 7.40. The molecule has 4 heteroatoms. The second-order valence-electron chi connectivity index (χ2n) is 5.52. The van der Waals surface area contributed by atoms with Gasteiger partial charge in [0.05, 0.1) is 15.9 Å². The van der Waals surface area contributed by atoms with Gasteiger partial charge in [-0.25, -0.2) is 8.42 Å². The van der Waals surface area contributed by atoms with E-state index in [0.717, 1.165) is 21.8 Å². The fraction of sp³-hybridized carbons (Fsp3) is 0.0526. The third-order valence-electron chi connectivity index (χ3n) is 4.08. The molecule has 0 fully saturated rings. The van der Waals surface area contributed by atoms with Crippen molar-refractivity contribution in [1.29, 1.82) is 0 Å². The standard InChI is InChI=1S/C19H15NO2S/c21-23(22,15-8-2-1-3-9-15)14-20-18-12-6-4-10-16(18)17-11-5-7-13-19(17)20/h1-13H,14H2. The minimum absolute atomic E-state index is 0.0644. The van der Waals surface area contributed by atoms with E-state index in [1.54, 1.807) is 24.3 Å². The molecule has 0 saturated heterocycles. The molecule has 0 amide bonds. The van der Waals surface area contributed by atoms with E-state index in [1.165, 1.54) is 0 Å². The summed E-state index contributed by atoms with van der Waals surface area (Å²) in [5.74, 6) is -0.0644. The van der Waals surface area contributed by atoms with E-state index < -0.39 is 9.84 Å². The first-order chi connectivity index (χ1) is 11.2. The zero-order chi connectivity index (χ0) is 15.9. The van der Waals surface area contributed by atoms with Crippen LogP contribution in [0.5, 0.6) is 0 Å². The van der Waals surface area contributed by atoms with Gasteiger partial charge in [-0.3, -0.25) is 0 Å². The van der Waals surface area contributed by atoms with Crippen LogP contribution in [0, 0.1) is 0 Å². The third kappa shape index (κ3) is 2.32. The van der Waals surface area contributed by atoms with Crippen LogP contribution in [-0.2, 0) is 15.7 Å². The van der Waals surface area contributed by atoms with E-state index in [4.69, 9.17) is 0 Å². The highest BCUT2D eigenvalue weighted by Crippen LogP contribution is 2.30. The van der Waals surface area contributed by atoms with Gasteiger partial charge in [-0.1, -0.05) is 54.6 Å². The summed E-state index contributed by atoms with van der Waals surface area (Å²) >= 11 is 0. The molecule has 0 spiro atoms. The molecule has 3 nitrogen and oxygen atoms in total. The summed E-state index contributed by atoms with van der Waals surface area (Å²) in [4.78, 5) is 0.349. The summed E-state index contributed by atoms with van der Waals surface area (Å²) in [6, 6.07) is 24.4. The maximum Gasteiger partial charge on any atom is 0.196 e. The van der Waals surface area contributed by atoms with Gasteiger partial charge in [-0.05, 0) is 24.3 Å². The number of benzene rings is 3. The Hall–Kier alpha value is -2.59. The average molecular weight is 321 g/mol. The molecule has 0 N–H and O–H groups in total. The Morgan fingerprint density at radius 3 is 1.70 bits per heavy atom. The van der Waals surface area contributed by atoms with Crippen LogP contribution in [0.15, 0.2) is 83.8 Å². The number of sulfone groups is 1. The van der Waals surface area contributed by atoms with Gasteiger partial charge in [0, 0.05) is 10.8 Å². The van der Waals surface area contributed by atoms with Gasteiger partial charge >= 0.3 is 0 Å². The Morgan fingerprint density at radius 1 is 0.652 bits per heavy atom. The van der Waals surface area contributed by atoms with Crippen molar-refractivity contribution < 1.29 is 8.42 Å². The van der Waals surface area contributed by atoms with Crippen molar-refractivity contribution >= 4 is 31.6 Å². The number of hydrogen-bond donors (Lipinski definition) is 0. The van der Waals surface area contributed by atoms with Gasteiger partial charge in [0.2, 0.25) is 0 Å². The lowest BCUT2D eigenvalue weighted by Gasteiger charge is -2.09. The lowest BCUT2D eigenvalue weighted by molar-refractivity contribution is 0.587. The highest BCUT2D eigenvalue weighted by atomic mass is 32.2. The third-order valence-corrected chi connectivity index (χ3v) is 5.67. The van der Waals surface area contributed by atoms with Gasteiger partial charge < -0.3 is 4.57 Å². The van der Waals surface area contributed by atoms with Crippen LogP contribution < -0.4 is 0 Å². The summed E-state index contributed by atoms with van der Waals surface area (Å²) in [6.07, 6.45) is 0. The predicted octanol–water partition coefficient (Wildman–Crippen LogP) is 4.23. The van der Waals surface area contributed by atoms with Crippen molar-refractivity contribution in [3.63, 3.8) is 0 Å². The maximum atomic E-state index is 12.8. The van der Waals surface area contributed by atoms with Crippen molar-refractivity contribution in [2.24, 2.45) is 0 Å². The molecule has 0 aliphatic carbocycles. The van der Waals surface area contributed by atoms with E-state index in [2.05, 4.69) is 0 Å². The zero-order valence-corrected chi connectivity index (χ0v) is 13.2. The zero-order valence-electron chi connectivity index (χ0n) is 12.4. The molecule has 0 aliphatic heterocycles. The van der Waals surface area contributed by atoms with Crippen molar-refractivity contribution in [2.45, 2.75) is 10.8 Å². The molecule has 1 aromatic heterocycles. The van der Waals surface area contributed by atoms with Crippen LogP contribution in [0.4, 0.5) is 0 Å². The molecule has 4 rings (SSSR count). The number of hydrogen-bond acceptors (Lipinski definition) is 2. The van der Waals surface area contributed by atoms with E-state index in [9.17, 15) is 8.42 Å². The molecule has 3 aromatic carbocycles. The fourth-order valence-corrected chi connectivity index (χ4v) is 4.35. The van der Waals surface area contributed by atoms with Gasteiger partial charge in [0.1, 0.15) is 5.88 Å². The van der Waals surface area contributed by atoms with E-state index >= 15 is 0 Å². The number of rotatable bonds is 3. The first-order valence-corrected chi connectivity index (χ1v) is 9.06. The fourth-order valence-electron chi connectivity index (χ4n) is 3.01. The monoisotopic (exact) mass is 321 g/mol. The number of para-hydroxylation sites is 2. The summed E-state index contributed by atoms with van der Waals surface area (Å²) in [7, 11) is -3.40. The van der Waals surface area contributed by atoms with Crippen LogP contribution >= 0.6 is 0 Å². The smallest absolute Gasteiger partial charge is 0.196 e. The predicted molar refractivity (Wildman–Crippen MR) is 93.1 cm³/mol. The molecule has 0 bridgehead atoms. The molecule has 1 heterocycles. The topological polar surface area (TPSA) is 39.1 Å². The Kier molecular flexibility index (Phi) is 3.20. The quantitative estimate of drug-likeness (QED) is 0.566. The maximum absolute atomic E-state index is 12.8. The summed E-state index contributed by atoms with van der Waals surface area (Å²) in [6.45, 7) is 0. The highest BCUT2D eigenvalue weighted by Gasteiger charge is 2.18.